The highest BCUT2D eigenvalue weighted by Gasteiger charge is 2.43. The van der Waals surface area contributed by atoms with E-state index in [0.29, 0.717) is 22.6 Å². The van der Waals surface area contributed by atoms with Gasteiger partial charge in [0.2, 0.25) is 5.91 Å². The van der Waals surface area contributed by atoms with Crippen molar-refractivity contribution in [2.45, 2.75) is 26.4 Å². The molecule has 3 amide bonds. The summed E-state index contributed by atoms with van der Waals surface area (Å²) in [6.07, 6.45) is 1.81. The highest BCUT2D eigenvalue weighted by atomic mass is 16.2. The summed E-state index contributed by atoms with van der Waals surface area (Å²) in [5.74, 6) is -0.979. The molecule has 8 heteroatoms. The van der Waals surface area contributed by atoms with Crippen molar-refractivity contribution in [3.05, 3.63) is 65.6 Å². The Kier molecular flexibility index (Phi) is 4.38. The average Bonchev–Trinajstić information content (AvgIpc) is 3.21. The third-order valence-electron chi connectivity index (χ3n) is 4.81. The molecule has 8 nitrogen and oxygen atoms in total. The van der Waals surface area contributed by atoms with Gasteiger partial charge in [0.05, 0.1) is 17.7 Å². The van der Waals surface area contributed by atoms with Gasteiger partial charge in [-0.15, -0.1) is 10.2 Å². The lowest BCUT2D eigenvalue weighted by molar-refractivity contribution is -0.126. The minimum absolute atomic E-state index is 0.135. The van der Waals surface area contributed by atoms with Crippen molar-refractivity contribution >= 4 is 23.4 Å². The number of nitrogens with one attached hydrogen (secondary N) is 1. The normalized spacial score (nSPS) is 14.6. The van der Waals surface area contributed by atoms with E-state index in [1.807, 2.05) is 18.2 Å². The summed E-state index contributed by atoms with van der Waals surface area (Å²) in [7, 11) is 0. The van der Waals surface area contributed by atoms with Crippen LogP contribution in [0.5, 0.6) is 0 Å². The Morgan fingerprint density at radius 2 is 1.64 bits per heavy atom. The fourth-order valence-electron chi connectivity index (χ4n) is 3.46. The first-order valence-corrected chi connectivity index (χ1v) is 9.02. The standard InChI is InChI=1S/C20H19N5O3/c1-12(2)17(25-19(27)13-7-3-4-8-14(13)20(25)28)18(26)21-11-16-23-22-15-9-5-6-10-24(15)16/h3-10,12,17H,11H2,1-2H3,(H,21,26). The summed E-state index contributed by atoms with van der Waals surface area (Å²) in [5.41, 5.74) is 1.33. The molecule has 1 aliphatic heterocycles. The molecule has 142 valence electrons. The smallest absolute Gasteiger partial charge is 0.262 e. The molecule has 1 aromatic carbocycles. The molecule has 2 aromatic heterocycles. The first kappa shape index (κ1) is 17.8. The van der Waals surface area contributed by atoms with Crippen LogP contribution in [0.2, 0.25) is 0 Å². The zero-order valence-corrected chi connectivity index (χ0v) is 15.5. The Balaban J connectivity index is 1.56. The lowest BCUT2D eigenvalue weighted by Gasteiger charge is -2.28. The maximum absolute atomic E-state index is 12.9. The second-order valence-electron chi connectivity index (χ2n) is 6.98. The summed E-state index contributed by atoms with van der Waals surface area (Å²) < 4.78 is 1.77. The highest BCUT2D eigenvalue weighted by molar-refractivity contribution is 6.22. The van der Waals surface area contributed by atoms with Gasteiger partial charge in [0, 0.05) is 6.20 Å². The van der Waals surface area contributed by atoms with E-state index >= 15 is 0 Å². The number of rotatable bonds is 5. The monoisotopic (exact) mass is 377 g/mol. The number of fused-ring (bicyclic) bond motifs is 2. The number of aromatic nitrogens is 3. The first-order valence-electron chi connectivity index (χ1n) is 9.02. The van der Waals surface area contributed by atoms with Crippen molar-refractivity contribution in [3.8, 4) is 0 Å². The molecule has 0 aliphatic carbocycles. The number of nitrogens with zero attached hydrogens (tertiary/aromatic N) is 4. The zero-order valence-electron chi connectivity index (χ0n) is 15.5. The minimum Gasteiger partial charge on any atom is -0.347 e. The third-order valence-corrected chi connectivity index (χ3v) is 4.81. The van der Waals surface area contributed by atoms with E-state index in [1.54, 1.807) is 48.7 Å². The number of carbonyl (C=O) groups excluding carboxylic acids is 3. The highest BCUT2D eigenvalue weighted by Crippen LogP contribution is 2.27. The van der Waals surface area contributed by atoms with Gasteiger partial charge in [-0.1, -0.05) is 32.0 Å². The van der Waals surface area contributed by atoms with Crippen molar-refractivity contribution in [1.29, 1.82) is 0 Å². The van der Waals surface area contributed by atoms with Crippen LogP contribution in [0.25, 0.3) is 5.65 Å². The van der Waals surface area contributed by atoms with E-state index in [9.17, 15) is 14.4 Å². The molecule has 3 heterocycles. The van der Waals surface area contributed by atoms with Gasteiger partial charge in [-0.05, 0) is 30.2 Å². The van der Waals surface area contributed by atoms with Crippen molar-refractivity contribution in [3.63, 3.8) is 0 Å². The van der Waals surface area contributed by atoms with Crippen LogP contribution >= 0.6 is 0 Å². The summed E-state index contributed by atoms with van der Waals surface area (Å²) >= 11 is 0. The van der Waals surface area contributed by atoms with Gasteiger partial charge in [-0.3, -0.25) is 23.7 Å². The van der Waals surface area contributed by atoms with Gasteiger partial charge < -0.3 is 5.32 Å². The van der Waals surface area contributed by atoms with Gasteiger partial charge in [-0.2, -0.15) is 0 Å². The quantitative estimate of drug-likeness (QED) is 0.682. The van der Waals surface area contributed by atoms with Gasteiger partial charge >= 0.3 is 0 Å². The largest absolute Gasteiger partial charge is 0.347 e. The number of carbonyl (C=O) groups is 3. The van der Waals surface area contributed by atoms with Gasteiger partial charge in [0.15, 0.2) is 11.5 Å². The van der Waals surface area contributed by atoms with Gasteiger partial charge in [0.25, 0.3) is 11.8 Å². The molecule has 0 bridgehead atoms. The predicted octanol–water partition coefficient (Wildman–Crippen LogP) is 1.67. The maximum atomic E-state index is 12.9. The maximum Gasteiger partial charge on any atom is 0.262 e. The number of pyridine rings is 1. The molecule has 0 radical (unpaired) electrons. The molecule has 28 heavy (non-hydrogen) atoms. The molecular formula is C20H19N5O3. The molecule has 0 saturated heterocycles. The van der Waals surface area contributed by atoms with Crippen LogP contribution in [0, 0.1) is 5.92 Å². The molecular weight excluding hydrogens is 358 g/mol. The first-order chi connectivity index (χ1) is 13.5. The van der Waals surface area contributed by atoms with E-state index in [4.69, 9.17) is 0 Å². The Hall–Kier alpha value is -3.55. The molecule has 4 rings (SSSR count). The van der Waals surface area contributed by atoms with Crippen molar-refractivity contribution in [2.75, 3.05) is 0 Å². The van der Waals surface area contributed by atoms with Crippen LogP contribution in [0.3, 0.4) is 0 Å². The minimum atomic E-state index is -0.911. The second kappa shape index (κ2) is 6.88. The van der Waals surface area contributed by atoms with Crippen LogP contribution in [0.1, 0.15) is 40.4 Å². The Labute approximate surface area is 161 Å². The second-order valence-corrected chi connectivity index (χ2v) is 6.98. The number of imide groups is 1. The summed E-state index contributed by atoms with van der Waals surface area (Å²) in [5, 5.41) is 10.9. The van der Waals surface area contributed by atoms with Crippen molar-refractivity contribution < 1.29 is 14.4 Å². The van der Waals surface area contributed by atoms with E-state index in [0.717, 1.165) is 4.90 Å². The molecule has 1 unspecified atom stereocenters. The molecule has 0 saturated carbocycles. The lowest BCUT2D eigenvalue weighted by atomic mass is 10.0. The van der Waals surface area contributed by atoms with E-state index in [-0.39, 0.29) is 12.5 Å². The predicted molar refractivity (Wildman–Crippen MR) is 100 cm³/mol. The fraction of sp³-hybridized carbons (Fsp3) is 0.250. The summed E-state index contributed by atoms with van der Waals surface area (Å²) in [6, 6.07) is 11.2. The number of hydrogen-bond acceptors (Lipinski definition) is 5. The third kappa shape index (κ3) is 2.83. The molecule has 1 aliphatic rings. The van der Waals surface area contributed by atoms with Crippen molar-refractivity contribution in [1.82, 2.24) is 24.8 Å². The molecule has 1 N–H and O–H groups in total. The van der Waals surface area contributed by atoms with Crippen molar-refractivity contribution in [2.24, 2.45) is 5.92 Å². The SMILES string of the molecule is CC(C)C(C(=O)NCc1nnc2ccccn12)N1C(=O)c2ccccc2C1=O. The fourth-order valence-corrected chi connectivity index (χ4v) is 3.46. The Morgan fingerprint density at radius 3 is 2.29 bits per heavy atom. The van der Waals surface area contributed by atoms with Gasteiger partial charge in [0.1, 0.15) is 6.04 Å². The van der Waals surface area contributed by atoms with Crippen LogP contribution in [-0.2, 0) is 11.3 Å². The Bertz CT molecular complexity index is 1050. The molecule has 0 spiro atoms. The summed E-state index contributed by atoms with van der Waals surface area (Å²) in [6.45, 7) is 3.75. The van der Waals surface area contributed by atoms with E-state index in [1.165, 1.54) is 0 Å². The average molecular weight is 377 g/mol. The summed E-state index contributed by atoms with van der Waals surface area (Å²) in [4.78, 5) is 39.5. The molecule has 1 atom stereocenters. The topological polar surface area (TPSA) is 96.7 Å². The number of amides is 3. The molecule has 3 aromatic rings. The Morgan fingerprint density at radius 1 is 1.00 bits per heavy atom. The number of benzene rings is 1. The van der Waals surface area contributed by atoms with Crippen LogP contribution < -0.4 is 5.32 Å². The van der Waals surface area contributed by atoms with Gasteiger partial charge in [-0.25, -0.2) is 0 Å². The van der Waals surface area contributed by atoms with Crippen LogP contribution in [0.15, 0.2) is 48.7 Å². The zero-order chi connectivity index (χ0) is 19.8. The van der Waals surface area contributed by atoms with Crippen LogP contribution in [-0.4, -0.2) is 43.3 Å². The number of hydrogen-bond donors (Lipinski definition) is 1. The molecule has 0 fully saturated rings. The lowest BCUT2D eigenvalue weighted by Crippen LogP contribution is -2.52. The van der Waals surface area contributed by atoms with E-state index in [2.05, 4.69) is 15.5 Å². The van der Waals surface area contributed by atoms with E-state index < -0.39 is 23.8 Å². The van der Waals surface area contributed by atoms with Crippen LogP contribution in [0.4, 0.5) is 0 Å².